The van der Waals surface area contributed by atoms with Crippen molar-refractivity contribution in [2.24, 2.45) is 5.73 Å². The SMILES string of the molecule is Cc1ccc(CN(C)C2(CN)CC(C)OC(C)C2)o1. The number of furan rings is 1. The van der Waals surface area contributed by atoms with Gasteiger partial charge in [-0.2, -0.15) is 0 Å². The molecule has 2 N–H and O–H groups in total. The van der Waals surface area contributed by atoms with Crippen LogP contribution in [0, 0.1) is 6.92 Å². The van der Waals surface area contributed by atoms with E-state index in [-0.39, 0.29) is 17.7 Å². The molecule has 1 aromatic rings. The van der Waals surface area contributed by atoms with Crippen LogP contribution in [-0.2, 0) is 11.3 Å². The van der Waals surface area contributed by atoms with Gasteiger partial charge in [-0.1, -0.05) is 0 Å². The van der Waals surface area contributed by atoms with E-state index in [9.17, 15) is 0 Å². The summed E-state index contributed by atoms with van der Waals surface area (Å²) in [5, 5.41) is 0. The third-order valence-electron chi connectivity index (χ3n) is 4.18. The van der Waals surface area contributed by atoms with E-state index < -0.39 is 0 Å². The molecule has 1 aliphatic heterocycles. The van der Waals surface area contributed by atoms with Gasteiger partial charge in [0.25, 0.3) is 0 Å². The smallest absolute Gasteiger partial charge is 0.118 e. The van der Waals surface area contributed by atoms with Crippen LogP contribution in [-0.4, -0.2) is 36.2 Å². The highest BCUT2D eigenvalue weighted by Gasteiger charge is 2.40. The molecule has 1 aromatic heterocycles. The Morgan fingerprint density at radius 2 is 1.95 bits per heavy atom. The van der Waals surface area contributed by atoms with Crippen molar-refractivity contribution in [1.82, 2.24) is 4.90 Å². The van der Waals surface area contributed by atoms with E-state index in [4.69, 9.17) is 14.9 Å². The van der Waals surface area contributed by atoms with Gasteiger partial charge in [0, 0.05) is 12.1 Å². The molecule has 0 amide bonds. The van der Waals surface area contributed by atoms with Crippen LogP contribution in [0.1, 0.15) is 38.2 Å². The lowest BCUT2D eigenvalue weighted by Gasteiger charge is -2.47. The lowest BCUT2D eigenvalue weighted by molar-refractivity contribution is -0.100. The molecule has 2 unspecified atom stereocenters. The van der Waals surface area contributed by atoms with Gasteiger partial charge in [0.05, 0.1) is 18.8 Å². The Bertz CT molecular complexity index is 406. The van der Waals surface area contributed by atoms with Crippen LogP contribution < -0.4 is 5.73 Å². The lowest BCUT2D eigenvalue weighted by Crippen LogP contribution is -2.58. The quantitative estimate of drug-likeness (QED) is 0.908. The van der Waals surface area contributed by atoms with Crippen molar-refractivity contribution >= 4 is 0 Å². The highest BCUT2D eigenvalue weighted by Crippen LogP contribution is 2.33. The summed E-state index contributed by atoms with van der Waals surface area (Å²) in [5.41, 5.74) is 6.11. The summed E-state index contributed by atoms with van der Waals surface area (Å²) >= 11 is 0. The summed E-state index contributed by atoms with van der Waals surface area (Å²) in [5.74, 6) is 1.96. The third-order valence-corrected chi connectivity index (χ3v) is 4.18. The second kappa shape index (κ2) is 5.65. The summed E-state index contributed by atoms with van der Waals surface area (Å²) in [6.07, 6.45) is 2.47. The molecule has 1 fully saturated rings. The minimum Gasteiger partial charge on any atom is -0.465 e. The fourth-order valence-electron chi connectivity index (χ4n) is 3.25. The summed E-state index contributed by atoms with van der Waals surface area (Å²) in [7, 11) is 2.13. The first-order valence-electron chi connectivity index (χ1n) is 7.07. The fraction of sp³-hybridized carbons (Fsp3) is 0.733. The molecule has 1 aliphatic rings. The van der Waals surface area contributed by atoms with Gasteiger partial charge < -0.3 is 14.9 Å². The van der Waals surface area contributed by atoms with Crippen molar-refractivity contribution in [2.45, 2.75) is 57.9 Å². The minimum atomic E-state index is 0.0117. The van der Waals surface area contributed by atoms with Gasteiger partial charge in [-0.05, 0) is 52.8 Å². The van der Waals surface area contributed by atoms with E-state index in [1.165, 1.54) is 0 Å². The first-order valence-corrected chi connectivity index (χ1v) is 7.07. The van der Waals surface area contributed by atoms with Crippen molar-refractivity contribution in [2.75, 3.05) is 13.6 Å². The third kappa shape index (κ3) is 3.19. The fourth-order valence-corrected chi connectivity index (χ4v) is 3.25. The van der Waals surface area contributed by atoms with E-state index in [1.807, 2.05) is 19.1 Å². The van der Waals surface area contributed by atoms with Gasteiger partial charge in [-0.15, -0.1) is 0 Å². The summed E-state index contributed by atoms with van der Waals surface area (Å²) in [6, 6.07) is 4.05. The summed E-state index contributed by atoms with van der Waals surface area (Å²) < 4.78 is 11.5. The molecular weight excluding hydrogens is 240 g/mol. The van der Waals surface area contributed by atoms with E-state index >= 15 is 0 Å². The monoisotopic (exact) mass is 266 g/mol. The molecule has 0 radical (unpaired) electrons. The average Bonchev–Trinajstić information content (AvgIpc) is 2.73. The Hall–Kier alpha value is -0.840. The van der Waals surface area contributed by atoms with Gasteiger partial charge in [0.15, 0.2) is 0 Å². The number of rotatable bonds is 4. The maximum absolute atomic E-state index is 6.09. The second-order valence-corrected chi connectivity index (χ2v) is 5.96. The number of nitrogens with zero attached hydrogens (tertiary/aromatic N) is 1. The van der Waals surface area contributed by atoms with Crippen LogP contribution in [0.3, 0.4) is 0 Å². The topological polar surface area (TPSA) is 51.6 Å². The molecule has 2 atom stereocenters. The zero-order valence-corrected chi connectivity index (χ0v) is 12.5. The van der Waals surface area contributed by atoms with Gasteiger partial charge in [-0.3, -0.25) is 4.90 Å². The molecule has 2 heterocycles. The van der Waals surface area contributed by atoms with Crippen LogP contribution in [0.4, 0.5) is 0 Å². The van der Waals surface area contributed by atoms with Crippen LogP contribution in [0.5, 0.6) is 0 Å². The lowest BCUT2D eigenvalue weighted by atomic mass is 9.82. The molecule has 1 saturated heterocycles. The molecule has 0 aliphatic carbocycles. The van der Waals surface area contributed by atoms with E-state index in [0.29, 0.717) is 6.54 Å². The molecule has 0 spiro atoms. The Labute approximate surface area is 115 Å². The standard InChI is InChI=1S/C15H26N2O2/c1-11-5-6-14(19-11)9-17(4)15(10-16)7-12(2)18-13(3)8-15/h5-6,12-13H,7-10,16H2,1-4H3. The molecule has 108 valence electrons. The number of nitrogens with two attached hydrogens (primary N) is 1. The number of hydrogen-bond acceptors (Lipinski definition) is 4. The van der Waals surface area contributed by atoms with E-state index in [1.54, 1.807) is 0 Å². The van der Waals surface area contributed by atoms with Gasteiger partial charge in [0.1, 0.15) is 11.5 Å². The Morgan fingerprint density at radius 1 is 1.32 bits per heavy atom. The minimum absolute atomic E-state index is 0.0117. The second-order valence-electron chi connectivity index (χ2n) is 5.96. The predicted molar refractivity (Wildman–Crippen MR) is 75.9 cm³/mol. The van der Waals surface area contributed by atoms with Crippen LogP contribution in [0.15, 0.2) is 16.5 Å². The van der Waals surface area contributed by atoms with E-state index in [0.717, 1.165) is 30.9 Å². The molecule has 0 bridgehead atoms. The largest absolute Gasteiger partial charge is 0.465 e. The normalized spacial score (nSPS) is 31.9. The van der Waals surface area contributed by atoms with Crippen LogP contribution >= 0.6 is 0 Å². The van der Waals surface area contributed by atoms with Gasteiger partial charge in [-0.25, -0.2) is 0 Å². The van der Waals surface area contributed by atoms with Crippen molar-refractivity contribution in [3.63, 3.8) is 0 Å². The molecule has 19 heavy (non-hydrogen) atoms. The number of likely N-dealkylation sites (N-methyl/N-ethyl adjacent to an activating group) is 1. The van der Waals surface area contributed by atoms with Crippen LogP contribution in [0.25, 0.3) is 0 Å². The van der Waals surface area contributed by atoms with Crippen LogP contribution in [0.2, 0.25) is 0 Å². The average molecular weight is 266 g/mol. The number of ether oxygens (including phenoxy) is 1. The Morgan fingerprint density at radius 3 is 2.42 bits per heavy atom. The maximum Gasteiger partial charge on any atom is 0.118 e. The predicted octanol–water partition coefficient (Wildman–Crippen LogP) is 2.30. The Kier molecular flexibility index (Phi) is 4.33. The number of hydrogen-bond donors (Lipinski definition) is 1. The molecule has 0 aromatic carbocycles. The van der Waals surface area contributed by atoms with Gasteiger partial charge >= 0.3 is 0 Å². The van der Waals surface area contributed by atoms with E-state index in [2.05, 4.69) is 25.8 Å². The molecule has 4 nitrogen and oxygen atoms in total. The zero-order chi connectivity index (χ0) is 14.0. The zero-order valence-electron chi connectivity index (χ0n) is 12.5. The highest BCUT2D eigenvalue weighted by atomic mass is 16.5. The Balaban J connectivity index is 2.11. The highest BCUT2D eigenvalue weighted by molar-refractivity contribution is 5.07. The molecule has 4 heteroatoms. The molecule has 0 saturated carbocycles. The molecular formula is C15H26N2O2. The number of aryl methyl sites for hydroxylation is 1. The molecule has 2 rings (SSSR count). The van der Waals surface area contributed by atoms with Crippen molar-refractivity contribution in [3.05, 3.63) is 23.7 Å². The van der Waals surface area contributed by atoms with Crippen molar-refractivity contribution < 1.29 is 9.15 Å². The summed E-state index contributed by atoms with van der Waals surface area (Å²) in [6.45, 7) is 7.68. The maximum atomic E-state index is 6.09. The van der Waals surface area contributed by atoms with Crippen molar-refractivity contribution in [3.8, 4) is 0 Å². The van der Waals surface area contributed by atoms with Crippen molar-refractivity contribution in [1.29, 1.82) is 0 Å². The summed E-state index contributed by atoms with van der Waals surface area (Å²) in [4.78, 5) is 2.33. The first-order chi connectivity index (χ1) is 8.95. The van der Waals surface area contributed by atoms with Gasteiger partial charge in [0.2, 0.25) is 0 Å². The first kappa shape index (κ1) is 14.6.